The zero-order valence-corrected chi connectivity index (χ0v) is 19.6. The summed E-state index contributed by atoms with van der Waals surface area (Å²) in [6, 6.07) is 22.5. The number of aromatic hydroxyl groups is 1. The number of rotatable bonds is 4. The largest absolute Gasteiger partial charge is 0.508 e. The zero-order valence-electron chi connectivity index (χ0n) is 19.6. The maximum absolute atomic E-state index is 12.9. The molecule has 0 spiro atoms. The number of carbonyl (C=O) groups excluding carboxylic acids is 1. The lowest BCUT2D eigenvalue weighted by atomic mass is 9.89. The number of benzene rings is 3. The third-order valence-corrected chi connectivity index (χ3v) is 7.95. The van der Waals surface area contributed by atoms with Gasteiger partial charge in [0.1, 0.15) is 5.75 Å². The van der Waals surface area contributed by atoms with Crippen LogP contribution >= 0.6 is 0 Å². The number of aliphatic hydroxyl groups is 1. The summed E-state index contributed by atoms with van der Waals surface area (Å²) in [5.41, 5.74) is 13.6. The van der Waals surface area contributed by atoms with Crippen LogP contribution in [0, 0.1) is 5.92 Å². The van der Waals surface area contributed by atoms with Crippen molar-refractivity contribution in [3.8, 4) is 16.9 Å². The van der Waals surface area contributed by atoms with Crippen LogP contribution in [-0.2, 0) is 6.42 Å². The molecule has 0 bridgehead atoms. The van der Waals surface area contributed by atoms with Gasteiger partial charge in [0.2, 0.25) is 0 Å². The van der Waals surface area contributed by atoms with E-state index in [0.717, 1.165) is 48.8 Å². The van der Waals surface area contributed by atoms with Crippen molar-refractivity contribution < 1.29 is 15.0 Å². The molecule has 3 aliphatic rings. The van der Waals surface area contributed by atoms with E-state index >= 15 is 0 Å². The number of amides is 1. The molecule has 1 saturated carbocycles. The number of hydrogen-bond donors (Lipinski definition) is 5. The summed E-state index contributed by atoms with van der Waals surface area (Å²) >= 11 is 0. The van der Waals surface area contributed by atoms with Crippen LogP contribution in [0.25, 0.3) is 11.1 Å². The smallest absolute Gasteiger partial charge is 0.251 e. The summed E-state index contributed by atoms with van der Waals surface area (Å²) in [5.74, 6) is 0.634. The van der Waals surface area contributed by atoms with Crippen LogP contribution in [0.5, 0.6) is 5.75 Å². The van der Waals surface area contributed by atoms with Gasteiger partial charge in [-0.1, -0.05) is 42.5 Å². The molecule has 180 valence electrons. The first-order valence-corrected chi connectivity index (χ1v) is 12.6. The summed E-state index contributed by atoms with van der Waals surface area (Å²) in [6.07, 6.45) is 3.89. The van der Waals surface area contributed by atoms with E-state index < -0.39 is 0 Å². The summed E-state index contributed by atoms with van der Waals surface area (Å²) in [7, 11) is 0. The predicted molar refractivity (Wildman–Crippen MR) is 135 cm³/mol. The van der Waals surface area contributed by atoms with Gasteiger partial charge in [0, 0.05) is 17.5 Å². The SMILES string of the molecule is O=C(NC1CCC(O)CC1)c1ccc2c(c1)CC1C(c3ccc(-c4ccc(O)cc4)cc3)NNC21. The maximum atomic E-state index is 12.9. The molecule has 1 saturated heterocycles. The number of phenols is 1. The number of hydrogen-bond acceptors (Lipinski definition) is 5. The van der Waals surface area contributed by atoms with Crippen molar-refractivity contribution in [3.05, 3.63) is 89.0 Å². The Morgan fingerprint density at radius 3 is 2.20 bits per heavy atom. The maximum Gasteiger partial charge on any atom is 0.251 e. The number of aliphatic hydroxyl groups excluding tert-OH is 1. The fourth-order valence-corrected chi connectivity index (χ4v) is 5.97. The van der Waals surface area contributed by atoms with Crippen LogP contribution in [0.1, 0.15) is 64.8 Å². The van der Waals surface area contributed by atoms with Gasteiger partial charge in [-0.05, 0) is 84.2 Å². The monoisotopic (exact) mass is 469 g/mol. The normalized spacial score (nSPS) is 27.3. The molecule has 1 heterocycles. The van der Waals surface area contributed by atoms with Crippen molar-refractivity contribution in [2.45, 2.75) is 56.3 Å². The molecule has 1 aliphatic heterocycles. The molecule has 6 heteroatoms. The Morgan fingerprint density at radius 2 is 1.49 bits per heavy atom. The van der Waals surface area contributed by atoms with E-state index in [0.29, 0.717) is 5.92 Å². The van der Waals surface area contributed by atoms with Crippen molar-refractivity contribution >= 4 is 5.91 Å². The molecule has 3 unspecified atom stereocenters. The van der Waals surface area contributed by atoms with E-state index in [2.05, 4.69) is 52.6 Å². The highest BCUT2D eigenvalue weighted by atomic mass is 16.3. The first-order chi connectivity index (χ1) is 17.0. The molecule has 5 N–H and O–H groups in total. The minimum absolute atomic E-state index is 0.0151. The summed E-state index contributed by atoms with van der Waals surface area (Å²) in [5, 5.41) is 22.4. The molecule has 35 heavy (non-hydrogen) atoms. The average Bonchev–Trinajstić information content (AvgIpc) is 3.45. The molecule has 3 atom stereocenters. The fraction of sp³-hybridized carbons (Fsp3) is 0.345. The Labute approximate surface area is 205 Å². The van der Waals surface area contributed by atoms with Gasteiger partial charge in [-0.15, -0.1) is 0 Å². The van der Waals surface area contributed by atoms with Crippen LogP contribution in [-0.4, -0.2) is 28.3 Å². The lowest BCUT2D eigenvalue weighted by Gasteiger charge is -2.26. The summed E-state index contributed by atoms with van der Waals surface area (Å²) in [6.45, 7) is 0. The van der Waals surface area contributed by atoms with Gasteiger partial charge in [0.25, 0.3) is 5.91 Å². The summed E-state index contributed by atoms with van der Waals surface area (Å²) in [4.78, 5) is 12.9. The number of phenolic OH excluding ortho intramolecular Hbond substituents is 1. The molecule has 6 nitrogen and oxygen atoms in total. The van der Waals surface area contributed by atoms with Gasteiger partial charge in [0.15, 0.2) is 0 Å². The van der Waals surface area contributed by atoms with Crippen LogP contribution < -0.4 is 16.2 Å². The first-order valence-electron chi connectivity index (χ1n) is 12.6. The second kappa shape index (κ2) is 9.11. The predicted octanol–water partition coefficient (Wildman–Crippen LogP) is 4.16. The highest BCUT2D eigenvalue weighted by molar-refractivity contribution is 5.94. The molecule has 3 aromatic rings. The van der Waals surface area contributed by atoms with Crippen LogP contribution in [0.2, 0.25) is 0 Å². The van der Waals surface area contributed by atoms with E-state index in [1.165, 1.54) is 16.7 Å². The first kappa shape index (κ1) is 22.3. The van der Waals surface area contributed by atoms with Gasteiger partial charge < -0.3 is 15.5 Å². The highest BCUT2D eigenvalue weighted by Crippen LogP contribution is 2.46. The van der Waals surface area contributed by atoms with Gasteiger partial charge >= 0.3 is 0 Å². The van der Waals surface area contributed by atoms with Crippen molar-refractivity contribution in [3.63, 3.8) is 0 Å². The number of nitrogens with one attached hydrogen (secondary N) is 3. The second-order valence-electron chi connectivity index (χ2n) is 10.2. The fourth-order valence-electron chi connectivity index (χ4n) is 5.97. The Kier molecular flexibility index (Phi) is 5.80. The average molecular weight is 470 g/mol. The van der Waals surface area contributed by atoms with Crippen LogP contribution in [0.4, 0.5) is 0 Å². The van der Waals surface area contributed by atoms with E-state index in [1.807, 2.05) is 18.2 Å². The molecule has 2 aliphatic carbocycles. The van der Waals surface area contributed by atoms with Gasteiger partial charge in [-0.2, -0.15) is 0 Å². The topological polar surface area (TPSA) is 93.6 Å². The van der Waals surface area contributed by atoms with E-state index in [9.17, 15) is 15.0 Å². The Balaban J connectivity index is 1.15. The van der Waals surface area contributed by atoms with Gasteiger partial charge in [-0.3, -0.25) is 4.79 Å². The van der Waals surface area contributed by atoms with Crippen molar-refractivity contribution in [1.29, 1.82) is 0 Å². The Bertz CT molecular complexity index is 1220. The molecule has 0 aromatic heterocycles. The zero-order chi connectivity index (χ0) is 23.9. The van der Waals surface area contributed by atoms with Crippen molar-refractivity contribution in [1.82, 2.24) is 16.2 Å². The second-order valence-corrected chi connectivity index (χ2v) is 10.2. The standard InChI is InChI=1S/C29H31N3O3/c33-23-10-5-18(6-11-23)17-1-3-19(4-2-17)27-26-16-21-15-20(7-14-25(21)28(26)32-31-27)29(35)30-22-8-12-24(34)13-9-22/h1-7,10-11,14-15,22,24,26-28,31-34H,8-9,12-13,16H2,(H,30,35). The molecule has 0 radical (unpaired) electrons. The van der Waals surface area contributed by atoms with E-state index in [1.54, 1.807) is 12.1 Å². The third-order valence-electron chi connectivity index (χ3n) is 7.95. The number of fused-ring (bicyclic) bond motifs is 3. The van der Waals surface area contributed by atoms with Crippen molar-refractivity contribution in [2.75, 3.05) is 0 Å². The minimum Gasteiger partial charge on any atom is -0.508 e. The lowest BCUT2D eigenvalue weighted by Crippen LogP contribution is -2.38. The molecule has 6 rings (SSSR count). The van der Waals surface area contributed by atoms with Crippen LogP contribution in [0.15, 0.2) is 66.7 Å². The molecule has 2 fully saturated rings. The quantitative estimate of drug-likeness (QED) is 0.396. The van der Waals surface area contributed by atoms with Gasteiger partial charge in [-0.25, -0.2) is 10.9 Å². The number of hydrazine groups is 1. The Morgan fingerprint density at radius 1 is 0.829 bits per heavy atom. The Hall–Kier alpha value is -3.19. The molecule has 3 aromatic carbocycles. The molecule has 1 amide bonds. The third kappa shape index (κ3) is 4.33. The van der Waals surface area contributed by atoms with Gasteiger partial charge in [0.05, 0.1) is 18.2 Å². The summed E-state index contributed by atoms with van der Waals surface area (Å²) < 4.78 is 0. The lowest BCUT2D eigenvalue weighted by molar-refractivity contribution is 0.0867. The minimum atomic E-state index is -0.222. The molecular formula is C29H31N3O3. The molecular weight excluding hydrogens is 438 g/mol. The van der Waals surface area contributed by atoms with E-state index in [-0.39, 0.29) is 35.9 Å². The van der Waals surface area contributed by atoms with E-state index in [4.69, 9.17) is 0 Å². The van der Waals surface area contributed by atoms with Crippen LogP contribution in [0.3, 0.4) is 0 Å². The highest BCUT2D eigenvalue weighted by Gasteiger charge is 2.43. The van der Waals surface area contributed by atoms with Crippen molar-refractivity contribution in [2.24, 2.45) is 5.92 Å². The number of carbonyl (C=O) groups is 1.